The Bertz CT molecular complexity index is 123. The molecule has 0 aromatic heterocycles. The SMILES string of the molecule is CC(=O)C(C)(O)SOOO. The Morgan fingerprint density at radius 1 is 1.70 bits per heavy atom. The second-order valence-corrected chi connectivity index (χ2v) is 2.86. The third kappa shape index (κ3) is 3.14. The largest absolute Gasteiger partial charge is 0.371 e. The molecule has 0 aliphatic heterocycles. The zero-order chi connectivity index (χ0) is 8.20. The topological polar surface area (TPSA) is 76.0 Å². The van der Waals surface area contributed by atoms with E-state index >= 15 is 0 Å². The molecule has 0 fully saturated rings. The van der Waals surface area contributed by atoms with E-state index in [1.54, 1.807) is 0 Å². The quantitative estimate of drug-likeness (QED) is 0.273. The summed E-state index contributed by atoms with van der Waals surface area (Å²) in [5.41, 5.74) is 0. The molecule has 0 radical (unpaired) electrons. The van der Waals surface area contributed by atoms with Gasteiger partial charge in [-0.15, -0.1) is 4.33 Å². The van der Waals surface area contributed by atoms with E-state index in [1.807, 2.05) is 0 Å². The van der Waals surface area contributed by atoms with Crippen molar-refractivity contribution in [2.45, 2.75) is 18.8 Å². The number of carbonyl (C=O) groups is 1. The standard InChI is InChI=1S/C4H8O5S/c1-3(5)4(2,6)10-9-8-7/h6-7H,1-2H3. The molecule has 0 aliphatic rings. The Balaban J connectivity index is 3.75. The minimum Gasteiger partial charge on any atom is -0.371 e. The van der Waals surface area contributed by atoms with Gasteiger partial charge in [-0.3, -0.25) is 4.79 Å². The van der Waals surface area contributed by atoms with E-state index in [-0.39, 0.29) is 0 Å². The summed E-state index contributed by atoms with van der Waals surface area (Å²) in [6, 6.07) is 0. The molecule has 0 saturated carbocycles. The molecule has 0 spiro atoms. The normalized spacial score (nSPS) is 16.4. The van der Waals surface area contributed by atoms with Gasteiger partial charge in [-0.05, 0) is 13.8 Å². The zero-order valence-corrected chi connectivity index (χ0v) is 6.34. The molecule has 0 aromatic rings. The molecule has 6 heteroatoms. The molecule has 0 heterocycles. The van der Waals surface area contributed by atoms with Crippen molar-refractivity contribution in [2.75, 3.05) is 0 Å². The maximum Gasteiger partial charge on any atom is 0.194 e. The molecule has 0 aliphatic carbocycles. The minimum atomic E-state index is -1.68. The first-order chi connectivity index (χ1) is 4.50. The minimum absolute atomic E-state index is 0.321. The fraction of sp³-hybridized carbons (Fsp3) is 0.750. The molecular weight excluding hydrogens is 160 g/mol. The average Bonchev–Trinajstić information content (AvgIpc) is 1.84. The van der Waals surface area contributed by atoms with Gasteiger partial charge in [0.05, 0.1) is 12.0 Å². The van der Waals surface area contributed by atoms with Crippen molar-refractivity contribution in [2.24, 2.45) is 0 Å². The highest BCUT2D eigenvalue weighted by Crippen LogP contribution is 2.23. The predicted molar refractivity (Wildman–Crippen MR) is 33.7 cm³/mol. The van der Waals surface area contributed by atoms with Crippen molar-refractivity contribution in [3.05, 3.63) is 0 Å². The molecule has 0 saturated heterocycles. The Kier molecular flexibility index (Phi) is 3.84. The van der Waals surface area contributed by atoms with Gasteiger partial charge in [0.1, 0.15) is 0 Å². The van der Waals surface area contributed by atoms with Crippen molar-refractivity contribution in [3.63, 3.8) is 0 Å². The molecule has 1 unspecified atom stereocenters. The molecular formula is C4H8O5S. The van der Waals surface area contributed by atoms with Crippen LogP contribution in [0, 0.1) is 0 Å². The lowest BCUT2D eigenvalue weighted by Crippen LogP contribution is -2.28. The van der Waals surface area contributed by atoms with Crippen LogP contribution in [0.25, 0.3) is 0 Å². The maximum absolute atomic E-state index is 10.5. The average molecular weight is 168 g/mol. The summed E-state index contributed by atoms with van der Waals surface area (Å²) in [5, 5.41) is 19.8. The molecule has 5 nitrogen and oxygen atoms in total. The van der Waals surface area contributed by atoms with Crippen LogP contribution in [0.4, 0.5) is 0 Å². The van der Waals surface area contributed by atoms with E-state index in [0.29, 0.717) is 12.0 Å². The third-order valence-corrected chi connectivity index (χ3v) is 1.62. The molecule has 1 atom stereocenters. The number of ketones is 1. The van der Waals surface area contributed by atoms with Gasteiger partial charge >= 0.3 is 0 Å². The second-order valence-electron chi connectivity index (χ2n) is 1.76. The maximum atomic E-state index is 10.5. The van der Waals surface area contributed by atoms with Crippen LogP contribution in [0.2, 0.25) is 0 Å². The van der Waals surface area contributed by atoms with Crippen LogP contribution < -0.4 is 0 Å². The van der Waals surface area contributed by atoms with E-state index in [2.05, 4.69) is 9.37 Å². The Hall–Kier alpha value is -0.140. The fourth-order valence-corrected chi connectivity index (χ4v) is 0.420. The van der Waals surface area contributed by atoms with Crippen LogP contribution in [-0.2, 0) is 14.2 Å². The third-order valence-electron chi connectivity index (χ3n) is 0.880. The van der Waals surface area contributed by atoms with Crippen LogP contribution in [0.15, 0.2) is 0 Å². The number of rotatable bonds is 4. The lowest BCUT2D eigenvalue weighted by Gasteiger charge is -2.14. The van der Waals surface area contributed by atoms with Crippen molar-refractivity contribution in [1.82, 2.24) is 0 Å². The monoisotopic (exact) mass is 168 g/mol. The molecule has 2 N–H and O–H groups in total. The molecule has 0 aromatic carbocycles. The molecule has 60 valence electrons. The lowest BCUT2D eigenvalue weighted by atomic mass is 10.3. The van der Waals surface area contributed by atoms with Crippen LogP contribution >= 0.6 is 12.0 Å². The lowest BCUT2D eigenvalue weighted by molar-refractivity contribution is -0.433. The van der Waals surface area contributed by atoms with Crippen molar-refractivity contribution in [3.8, 4) is 0 Å². The van der Waals surface area contributed by atoms with Crippen molar-refractivity contribution < 1.29 is 24.5 Å². The summed E-state index contributed by atoms with van der Waals surface area (Å²) in [6.07, 6.45) is 0. The highest BCUT2D eigenvalue weighted by molar-refractivity contribution is 7.96. The molecule has 10 heavy (non-hydrogen) atoms. The van der Waals surface area contributed by atoms with Gasteiger partial charge in [-0.2, -0.15) is 0 Å². The van der Waals surface area contributed by atoms with Gasteiger partial charge < -0.3 is 5.11 Å². The highest BCUT2D eigenvalue weighted by atomic mass is 32.2. The summed E-state index contributed by atoms with van der Waals surface area (Å²) in [6.45, 7) is 2.41. The number of hydrogen-bond donors (Lipinski definition) is 2. The van der Waals surface area contributed by atoms with Gasteiger partial charge in [-0.1, -0.05) is 5.04 Å². The summed E-state index contributed by atoms with van der Waals surface area (Å²) in [4.78, 5) is 8.81. The Morgan fingerprint density at radius 3 is 2.50 bits per heavy atom. The Morgan fingerprint density at radius 2 is 2.20 bits per heavy atom. The Labute approximate surface area is 62.0 Å². The van der Waals surface area contributed by atoms with E-state index in [9.17, 15) is 4.79 Å². The van der Waals surface area contributed by atoms with E-state index in [0.717, 1.165) is 0 Å². The summed E-state index contributed by atoms with van der Waals surface area (Å²) < 4.78 is 3.86. The van der Waals surface area contributed by atoms with E-state index in [1.165, 1.54) is 13.8 Å². The second kappa shape index (κ2) is 3.89. The van der Waals surface area contributed by atoms with Crippen LogP contribution in [-0.4, -0.2) is 21.1 Å². The number of aliphatic hydroxyl groups is 1. The summed E-state index contributed by atoms with van der Waals surface area (Å²) >= 11 is 0.321. The van der Waals surface area contributed by atoms with Crippen molar-refractivity contribution >= 4 is 17.8 Å². The summed E-state index contributed by atoms with van der Waals surface area (Å²) in [7, 11) is 0. The molecule has 0 rings (SSSR count). The fourth-order valence-electron chi connectivity index (χ4n) is 0.140. The molecule has 0 bridgehead atoms. The predicted octanol–water partition coefficient (Wildman–Crippen LogP) is 0.353. The van der Waals surface area contributed by atoms with E-state index in [4.69, 9.17) is 10.4 Å². The van der Waals surface area contributed by atoms with Crippen LogP contribution in [0.5, 0.6) is 0 Å². The van der Waals surface area contributed by atoms with Crippen LogP contribution in [0.1, 0.15) is 13.8 Å². The van der Waals surface area contributed by atoms with Gasteiger partial charge in [0.25, 0.3) is 0 Å². The number of carbonyl (C=O) groups excluding carboxylic acids is 1. The first kappa shape index (κ1) is 9.86. The first-order valence-electron chi connectivity index (χ1n) is 2.40. The van der Waals surface area contributed by atoms with E-state index < -0.39 is 10.7 Å². The highest BCUT2D eigenvalue weighted by Gasteiger charge is 2.28. The van der Waals surface area contributed by atoms with Crippen molar-refractivity contribution in [1.29, 1.82) is 0 Å². The van der Waals surface area contributed by atoms with Gasteiger partial charge in [-0.25, -0.2) is 5.26 Å². The van der Waals surface area contributed by atoms with Gasteiger partial charge in [0.2, 0.25) is 0 Å². The summed E-state index contributed by atoms with van der Waals surface area (Å²) in [5.74, 6) is -0.491. The zero-order valence-electron chi connectivity index (χ0n) is 5.53. The number of hydrogen-bond acceptors (Lipinski definition) is 6. The first-order valence-corrected chi connectivity index (χ1v) is 3.14. The number of Topliss-reactive ketones (excluding diaryl/α,β-unsaturated/α-hetero) is 1. The smallest absolute Gasteiger partial charge is 0.194 e. The van der Waals surface area contributed by atoms with Gasteiger partial charge in [0, 0.05) is 0 Å². The van der Waals surface area contributed by atoms with Crippen LogP contribution in [0.3, 0.4) is 0 Å². The molecule has 0 amide bonds. The van der Waals surface area contributed by atoms with Gasteiger partial charge in [0.15, 0.2) is 10.7 Å².